The molecule has 0 spiro atoms. The van der Waals surface area contributed by atoms with Crippen molar-refractivity contribution in [2.45, 2.75) is 32.6 Å². The number of rotatable bonds is 5. The molecule has 1 aliphatic rings. The fourth-order valence-corrected chi connectivity index (χ4v) is 11.2. The largest absolute Gasteiger partial charge is 0.456 e. The van der Waals surface area contributed by atoms with Crippen LogP contribution in [0.5, 0.6) is 0 Å². The molecule has 65 heavy (non-hydrogen) atoms. The summed E-state index contributed by atoms with van der Waals surface area (Å²) in [4.78, 5) is 5.98. The molecule has 1 aliphatic heterocycles. The summed E-state index contributed by atoms with van der Waals surface area (Å²) < 4.78 is 11.8. The molecule has 0 radical (unpaired) electrons. The van der Waals surface area contributed by atoms with Gasteiger partial charge in [0.05, 0.1) is 39.2 Å². The van der Waals surface area contributed by atoms with Crippen molar-refractivity contribution in [3.8, 4) is 11.4 Å². The predicted molar refractivity (Wildman–Crippen MR) is 273 cm³/mol. The van der Waals surface area contributed by atoms with Crippen LogP contribution in [0.3, 0.4) is 0 Å². The normalized spacial score (nSPS) is 18.0. The van der Waals surface area contributed by atoms with Crippen LogP contribution in [0.2, 0.25) is 0 Å². The lowest BCUT2D eigenvalue weighted by atomic mass is 9.77. The number of benzene rings is 9. The molecule has 4 heteroatoms. The van der Waals surface area contributed by atoms with E-state index in [-0.39, 0.29) is 11.8 Å². The molecule has 0 fully saturated rings. The zero-order chi connectivity index (χ0) is 43.2. The van der Waals surface area contributed by atoms with Crippen molar-refractivity contribution < 1.29 is 4.42 Å². The molecule has 0 saturated carbocycles. The summed E-state index contributed by atoms with van der Waals surface area (Å²) in [5, 5.41) is 9.67. The predicted octanol–water partition coefficient (Wildman–Crippen LogP) is 16.4. The number of nitrogens with zero attached hydrogens (tertiary/aromatic N) is 3. The van der Waals surface area contributed by atoms with Crippen LogP contribution in [0.15, 0.2) is 215 Å². The molecule has 3 aromatic heterocycles. The molecule has 310 valence electrons. The van der Waals surface area contributed by atoms with Crippen LogP contribution in [-0.4, -0.2) is 14.8 Å². The molecule has 4 nitrogen and oxygen atoms in total. The Balaban J connectivity index is 1.06. The Morgan fingerprint density at radius 2 is 1.14 bits per heavy atom. The highest BCUT2D eigenvalue weighted by molar-refractivity contribution is 6.16. The van der Waals surface area contributed by atoms with Crippen molar-refractivity contribution in [3.63, 3.8) is 0 Å². The van der Waals surface area contributed by atoms with Gasteiger partial charge < -0.3 is 13.6 Å². The molecule has 9 aromatic carbocycles. The van der Waals surface area contributed by atoms with Crippen LogP contribution in [0.4, 0.5) is 0 Å². The van der Waals surface area contributed by atoms with Crippen molar-refractivity contribution in [1.82, 2.24) is 9.13 Å². The Bertz CT molecular complexity index is 3920. The van der Waals surface area contributed by atoms with Gasteiger partial charge in [0.2, 0.25) is 0 Å². The second-order valence-electron chi connectivity index (χ2n) is 17.9. The maximum absolute atomic E-state index is 6.84. The second kappa shape index (κ2) is 14.8. The maximum atomic E-state index is 6.84. The number of furan rings is 1. The zero-order valence-electron chi connectivity index (χ0n) is 36.4. The van der Waals surface area contributed by atoms with Gasteiger partial charge in [-0.2, -0.15) is 0 Å². The van der Waals surface area contributed by atoms with Gasteiger partial charge in [0.1, 0.15) is 11.2 Å². The molecule has 0 bridgehead atoms. The first kappa shape index (κ1) is 37.6. The Kier molecular flexibility index (Phi) is 8.57. The maximum Gasteiger partial charge on any atom is 0.138 e. The molecule has 4 heterocycles. The van der Waals surface area contributed by atoms with Crippen LogP contribution >= 0.6 is 0 Å². The van der Waals surface area contributed by atoms with Crippen LogP contribution in [-0.2, 0) is 0 Å². The Labute approximate surface area is 377 Å². The number of hydrogen-bond donors (Lipinski definition) is 0. The molecular weight excluding hydrogens is 791 g/mol. The lowest BCUT2D eigenvalue weighted by molar-refractivity contribution is 0.531. The first-order valence-corrected chi connectivity index (χ1v) is 22.9. The van der Waals surface area contributed by atoms with E-state index in [0.29, 0.717) is 0 Å². The molecule has 0 N–H and O–H groups in total. The van der Waals surface area contributed by atoms with Crippen LogP contribution < -0.4 is 0 Å². The second-order valence-corrected chi connectivity index (χ2v) is 17.9. The number of hydrogen-bond acceptors (Lipinski definition) is 2. The molecule has 0 amide bonds. The summed E-state index contributed by atoms with van der Waals surface area (Å²) in [5.74, 6) is 0.271. The third-order valence-electron chi connectivity index (χ3n) is 14.2. The Morgan fingerprint density at radius 1 is 0.508 bits per heavy atom. The number of allylic oxidation sites excluding steroid dienone is 1. The van der Waals surface area contributed by atoms with E-state index in [2.05, 4.69) is 223 Å². The van der Waals surface area contributed by atoms with E-state index in [0.717, 1.165) is 68.5 Å². The zero-order valence-corrected chi connectivity index (χ0v) is 36.4. The summed E-state index contributed by atoms with van der Waals surface area (Å²) in [7, 11) is 0. The summed E-state index contributed by atoms with van der Waals surface area (Å²) in [6, 6.07) is 72.8. The van der Waals surface area contributed by atoms with Crippen LogP contribution in [0.25, 0.3) is 93.4 Å². The van der Waals surface area contributed by atoms with E-state index >= 15 is 0 Å². The van der Waals surface area contributed by atoms with Crippen molar-refractivity contribution in [1.29, 1.82) is 0 Å². The fraction of sp³-hybridized carbons (Fsp3) is 0.0984. The topological polar surface area (TPSA) is 35.4 Å². The van der Waals surface area contributed by atoms with Gasteiger partial charge in [0, 0.05) is 55.6 Å². The van der Waals surface area contributed by atoms with Crippen molar-refractivity contribution in [3.05, 3.63) is 222 Å². The molecular formula is C61H45N3O. The summed E-state index contributed by atoms with van der Waals surface area (Å²) in [6.45, 7) is 4.72. The monoisotopic (exact) mass is 835 g/mol. The molecule has 0 saturated heterocycles. The van der Waals surface area contributed by atoms with E-state index < -0.39 is 0 Å². The first-order valence-electron chi connectivity index (χ1n) is 22.9. The molecule has 0 aliphatic carbocycles. The first-order chi connectivity index (χ1) is 32.1. The van der Waals surface area contributed by atoms with E-state index in [1.807, 2.05) is 0 Å². The smallest absolute Gasteiger partial charge is 0.138 e. The Morgan fingerprint density at radius 3 is 1.92 bits per heavy atom. The van der Waals surface area contributed by atoms with E-state index in [9.17, 15) is 0 Å². The quantitative estimate of drug-likeness (QED) is 0.170. The minimum atomic E-state index is 0.0821. The van der Waals surface area contributed by atoms with Gasteiger partial charge in [0.25, 0.3) is 0 Å². The standard InChI is InChI=1S/C61H45N3O/c1-38-32-33-45(48-27-17-28-49-46-24-11-15-30-54(46)64(61(48)49)43-22-7-4-8-23-43)39(2)60(40-18-5-3-6-19-40)62-59(38)52-36-44(37-57-58(52)50-26-13-16-31-56(50)65-57)63-53-29-14-12-25-47(53)51-34-41-20-9-10-21-42(41)35-55(51)63/h3-31,34-37,39,45H,32-33H2,1-2H3/b59-38+,62-60+/t39-,45?/m0/s1. The van der Waals surface area contributed by atoms with Crippen molar-refractivity contribution in [2.24, 2.45) is 10.9 Å². The Hall–Kier alpha value is -7.95. The number of aromatic nitrogens is 2. The van der Waals surface area contributed by atoms with Gasteiger partial charge in [-0.15, -0.1) is 0 Å². The van der Waals surface area contributed by atoms with E-state index in [4.69, 9.17) is 9.41 Å². The number of fused-ring (bicyclic) bond motifs is 10. The molecule has 12 aromatic rings. The van der Waals surface area contributed by atoms with Gasteiger partial charge in [-0.05, 0) is 102 Å². The minimum Gasteiger partial charge on any atom is -0.456 e. The SMILES string of the molecule is C/C1=C(c2cc(-n3c4ccccc4c4cc5ccccc5cc43)cc3oc4ccccc4c23)\N=C(\c2ccccc2)[C@@H](C)C(c2cccc3c4ccccc4n(-c4ccccc4)c23)CC1. The summed E-state index contributed by atoms with van der Waals surface area (Å²) in [5.41, 5.74) is 15.8. The van der Waals surface area contributed by atoms with Gasteiger partial charge in [-0.25, -0.2) is 0 Å². The van der Waals surface area contributed by atoms with E-state index in [1.54, 1.807) is 0 Å². The minimum absolute atomic E-state index is 0.0821. The van der Waals surface area contributed by atoms with Crippen molar-refractivity contribution in [2.75, 3.05) is 0 Å². The van der Waals surface area contributed by atoms with Gasteiger partial charge >= 0.3 is 0 Å². The van der Waals surface area contributed by atoms with E-state index in [1.165, 1.54) is 65.7 Å². The molecule has 13 rings (SSSR count). The summed E-state index contributed by atoms with van der Waals surface area (Å²) >= 11 is 0. The van der Waals surface area contributed by atoms with Crippen LogP contribution in [0, 0.1) is 5.92 Å². The van der Waals surface area contributed by atoms with Gasteiger partial charge in [0.15, 0.2) is 0 Å². The average Bonchev–Trinajstić information content (AvgIpc) is 4.01. The highest BCUT2D eigenvalue weighted by atomic mass is 16.3. The van der Waals surface area contributed by atoms with Gasteiger partial charge in [-0.1, -0.05) is 153 Å². The summed E-state index contributed by atoms with van der Waals surface area (Å²) in [6.07, 6.45) is 1.85. The molecule has 2 atom stereocenters. The van der Waals surface area contributed by atoms with Crippen LogP contribution in [0.1, 0.15) is 49.3 Å². The highest BCUT2D eigenvalue weighted by Crippen LogP contribution is 2.46. The average molecular weight is 836 g/mol. The number of aliphatic imine (C=N–C) groups is 1. The molecule has 1 unspecified atom stereocenters. The third-order valence-corrected chi connectivity index (χ3v) is 14.2. The fourth-order valence-electron chi connectivity index (χ4n) is 11.2. The van der Waals surface area contributed by atoms with Gasteiger partial charge in [-0.3, -0.25) is 4.99 Å². The highest BCUT2D eigenvalue weighted by Gasteiger charge is 2.31. The third kappa shape index (κ3) is 5.87. The lowest BCUT2D eigenvalue weighted by Crippen LogP contribution is -2.23. The number of para-hydroxylation sites is 5. The lowest BCUT2D eigenvalue weighted by Gasteiger charge is -2.30. The van der Waals surface area contributed by atoms with Crippen molar-refractivity contribution >= 4 is 87.7 Å².